The van der Waals surface area contributed by atoms with E-state index in [4.69, 9.17) is 11.0 Å². The third-order valence-corrected chi connectivity index (χ3v) is 3.43. The molecule has 3 heteroatoms. The summed E-state index contributed by atoms with van der Waals surface area (Å²) in [5.74, 6) is 0.433. The Bertz CT molecular complexity index is 806. The van der Waals surface area contributed by atoms with E-state index in [1.54, 1.807) is 0 Å². The molecule has 0 aliphatic rings. The lowest BCUT2D eigenvalue weighted by atomic mass is 10.0. The van der Waals surface area contributed by atoms with Gasteiger partial charge in [0.15, 0.2) is 0 Å². The van der Waals surface area contributed by atoms with Gasteiger partial charge < -0.3 is 10.7 Å². The molecule has 0 aliphatic carbocycles. The molecule has 1 aromatic heterocycles. The van der Waals surface area contributed by atoms with Gasteiger partial charge in [0.1, 0.15) is 11.9 Å². The van der Waals surface area contributed by atoms with Gasteiger partial charge in [-0.05, 0) is 34.9 Å². The summed E-state index contributed by atoms with van der Waals surface area (Å²) < 4.78 is 0. The van der Waals surface area contributed by atoms with Crippen LogP contribution in [-0.2, 0) is 0 Å². The predicted molar refractivity (Wildman–Crippen MR) is 77.6 cm³/mol. The fraction of sp³-hybridized carbons (Fsp3) is 0.0625. The van der Waals surface area contributed by atoms with Crippen molar-refractivity contribution in [2.45, 2.75) is 6.92 Å². The highest BCUT2D eigenvalue weighted by molar-refractivity contribution is 5.88. The van der Waals surface area contributed by atoms with Gasteiger partial charge in [-0.25, -0.2) is 0 Å². The van der Waals surface area contributed by atoms with Gasteiger partial charge in [0.2, 0.25) is 0 Å². The number of nitrogen functional groups attached to an aromatic ring is 1. The Hall–Kier alpha value is -2.73. The third-order valence-electron chi connectivity index (χ3n) is 3.43. The smallest absolute Gasteiger partial charge is 0.119 e. The Morgan fingerprint density at radius 2 is 1.84 bits per heavy atom. The fourth-order valence-electron chi connectivity index (χ4n) is 2.40. The summed E-state index contributed by atoms with van der Waals surface area (Å²) in [4.78, 5) is 3.10. The molecule has 0 radical (unpaired) electrons. The first kappa shape index (κ1) is 11.4. The van der Waals surface area contributed by atoms with E-state index in [0.29, 0.717) is 11.4 Å². The molecule has 0 amide bonds. The number of aromatic nitrogens is 1. The lowest BCUT2D eigenvalue weighted by molar-refractivity contribution is 1.38. The van der Waals surface area contributed by atoms with Gasteiger partial charge in [0.25, 0.3) is 0 Å². The molecule has 0 saturated carbocycles. The topological polar surface area (TPSA) is 65.6 Å². The van der Waals surface area contributed by atoms with E-state index in [1.807, 2.05) is 25.1 Å². The van der Waals surface area contributed by atoms with E-state index >= 15 is 0 Å². The van der Waals surface area contributed by atoms with Crippen molar-refractivity contribution in [3.63, 3.8) is 0 Å². The number of anilines is 1. The van der Waals surface area contributed by atoms with Crippen LogP contribution in [0.5, 0.6) is 0 Å². The molecule has 3 nitrogen and oxygen atoms in total. The molecule has 19 heavy (non-hydrogen) atoms. The Morgan fingerprint density at radius 3 is 2.53 bits per heavy atom. The van der Waals surface area contributed by atoms with Crippen molar-refractivity contribution in [3.05, 3.63) is 53.6 Å². The van der Waals surface area contributed by atoms with Crippen LogP contribution in [0, 0.1) is 18.3 Å². The van der Waals surface area contributed by atoms with Crippen molar-refractivity contribution in [3.8, 4) is 17.3 Å². The maximum atomic E-state index is 9.08. The third kappa shape index (κ3) is 1.74. The summed E-state index contributed by atoms with van der Waals surface area (Å²) in [5.41, 5.74) is 9.22. The van der Waals surface area contributed by atoms with Gasteiger partial charge in [-0.2, -0.15) is 5.26 Å². The van der Waals surface area contributed by atoms with Crippen LogP contribution in [0.4, 0.5) is 5.82 Å². The number of benzene rings is 2. The van der Waals surface area contributed by atoms with Gasteiger partial charge in [-0.3, -0.25) is 0 Å². The first-order valence-electron chi connectivity index (χ1n) is 6.08. The predicted octanol–water partition coefficient (Wildman–Crippen LogP) is 3.60. The molecule has 3 aromatic rings. The summed E-state index contributed by atoms with van der Waals surface area (Å²) in [7, 11) is 0. The summed E-state index contributed by atoms with van der Waals surface area (Å²) in [6.45, 7) is 1.91. The number of hydrogen-bond donors (Lipinski definition) is 2. The Morgan fingerprint density at radius 1 is 1.11 bits per heavy atom. The second kappa shape index (κ2) is 4.18. The van der Waals surface area contributed by atoms with Crippen LogP contribution in [0.1, 0.15) is 11.1 Å². The summed E-state index contributed by atoms with van der Waals surface area (Å²) in [5, 5.41) is 11.5. The largest absolute Gasteiger partial charge is 0.384 e. The molecule has 92 valence electrons. The van der Waals surface area contributed by atoms with Crippen molar-refractivity contribution in [1.29, 1.82) is 5.26 Å². The standard InChI is InChI=1S/C16H13N3/c1-10-14(9-17)16(18)19-15(10)13-7-6-11-4-2-3-5-12(11)8-13/h2-8,19H,18H2,1H3. The minimum absolute atomic E-state index is 0.433. The highest BCUT2D eigenvalue weighted by Crippen LogP contribution is 2.30. The maximum absolute atomic E-state index is 9.08. The zero-order valence-electron chi connectivity index (χ0n) is 10.6. The molecule has 0 unspecified atom stereocenters. The summed E-state index contributed by atoms with van der Waals surface area (Å²) in [6.07, 6.45) is 0. The first-order chi connectivity index (χ1) is 9.20. The minimum Gasteiger partial charge on any atom is -0.384 e. The fourth-order valence-corrected chi connectivity index (χ4v) is 2.40. The zero-order valence-corrected chi connectivity index (χ0v) is 10.6. The number of hydrogen-bond acceptors (Lipinski definition) is 2. The van der Waals surface area contributed by atoms with E-state index in [0.717, 1.165) is 16.8 Å². The summed E-state index contributed by atoms with van der Waals surface area (Å²) >= 11 is 0. The lowest BCUT2D eigenvalue weighted by Gasteiger charge is -2.03. The first-order valence-corrected chi connectivity index (χ1v) is 6.08. The van der Waals surface area contributed by atoms with E-state index in [-0.39, 0.29) is 0 Å². The van der Waals surface area contributed by atoms with Crippen LogP contribution in [0.25, 0.3) is 22.0 Å². The van der Waals surface area contributed by atoms with Crippen molar-refractivity contribution in [2.75, 3.05) is 5.73 Å². The van der Waals surface area contributed by atoms with Crippen molar-refractivity contribution >= 4 is 16.6 Å². The van der Waals surface area contributed by atoms with E-state index in [2.05, 4.69) is 35.3 Å². The number of nitrogens with one attached hydrogen (secondary N) is 1. The Balaban J connectivity index is 2.22. The lowest BCUT2D eigenvalue weighted by Crippen LogP contribution is -1.87. The van der Waals surface area contributed by atoms with Gasteiger partial charge in [0.05, 0.1) is 11.3 Å². The molecule has 2 aromatic carbocycles. The minimum atomic E-state index is 0.433. The Kier molecular flexibility index (Phi) is 2.50. The van der Waals surface area contributed by atoms with E-state index in [9.17, 15) is 0 Å². The average molecular weight is 247 g/mol. The van der Waals surface area contributed by atoms with Gasteiger partial charge >= 0.3 is 0 Å². The molecule has 0 atom stereocenters. The van der Waals surface area contributed by atoms with Crippen LogP contribution < -0.4 is 5.73 Å². The summed E-state index contributed by atoms with van der Waals surface area (Å²) in [6, 6.07) is 16.6. The number of H-pyrrole nitrogens is 1. The normalized spacial score (nSPS) is 10.5. The van der Waals surface area contributed by atoms with Crippen molar-refractivity contribution < 1.29 is 0 Å². The van der Waals surface area contributed by atoms with Crippen molar-refractivity contribution in [2.24, 2.45) is 0 Å². The van der Waals surface area contributed by atoms with Crippen LogP contribution >= 0.6 is 0 Å². The Labute approximate surface area is 111 Å². The molecule has 0 spiro atoms. The molecule has 1 heterocycles. The number of nitriles is 1. The molecular formula is C16H13N3. The number of nitrogens with two attached hydrogens (primary N) is 1. The average Bonchev–Trinajstić information content (AvgIpc) is 2.73. The van der Waals surface area contributed by atoms with E-state index in [1.165, 1.54) is 10.8 Å². The van der Waals surface area contributed by atoms with Crippen LogP contribution in [0.3, 0.4) is 0 Å². The van der Waals surface area contributed by atoms with Crippen LogP contribution in [-0.4, -0.2) is 4.98 Å². The highest BCUT2D eigenvalue weighted by Gasteiger charge is 2.13. The highest BCUT2D eigenvalue weighted by atomic mass is 14.9. The maximum Gasteiger partial charge on any atom is 0.119 e. The number of rotatable bonds is 1. The zero-order chi connectivity index (χ0) is 13.4. The molecule has 0 bridgehead atoms. The molecule has 3 N–H and O–H groups in total. The van der Waals surface area contributed by atoms with Gasteiger partial charge in [-0.15, -0.1) is 0 Å². The second-order valence-corrected chi connectivity index (χ2v) is 4.59. The van der Waals surface area contributed by atoms with Crippen LogP contribution in [0.2, 0.25) is 0 Å². The molecular weight excluding hydrogens is 234 g/mol. The van der Waals surface area contributed by atoms with Crippen molar-refractivity contribution in [1.82, 2.24) is 4.98 Å². The number of nitrogens with zero attached hydrogens (tertiary/aromatic N) is 1. The molecule has 0 fully saturated rings. The quantitative estimate of drug-likeness (QED) is 0.690. The molecule has 3 rings (SSSR count). The second-order valence-electron chi connectivity index (χ2n) is 4.59. The SMILES string of the molecule is Cc1c(-c2ccc3ccccc3c2)[nH]c(N)c1C#N. The monoisotopic (exact) mass is 247 g/mol. The molecule has 0 saturated heterocycles. The molecule has 0 aliphatic heterocycles. The number of fused-ring (bicyclic) bond motifs is 1. The van der Waals surface area contributed by atoms with E-state index < -0.39 is 0 Å². The van der Waals surface area contributed by atoms with Gasteiger partial charge in [0, 0.05) is 0 Å². The van der Waals surface area contributed by atoms with Crippen LogP contribution in [0.15, 0.2) is 42.5 Å². The van der Waals surface area contributed by atoms with Gasteiger partial charge in [-0.1, -0.05) is 36.4 Å². The number of aromatic amines is 1.